The van der Waals surface area contributed by atoms with E-state index in [4.69, 9.17) is 4.74 Å². The number of rotatable bonds is 4. The second-order valence-electron chi connectivity index (χ2n) is 6.79. The van der Waals surface area contributed by atoms with Gasteiger partial charge in [-0.2, -0.15) is 10.2 Å². The zero-order valence-corrected chi connectivity index (χ0v) is 13.9. The van der Waals surface area contributed by atoms with Crippen LogP contribution in [0.25, 0.3) is 22.2 Å². The first-order valence-electron chi connectivity index (χ1n) is 8.30. The van der Waals surface area contributed by atoms with Crippen LogP contribution in [0.4, 0.5) is 0 Å². The van der Waals surface area contributed by atoms with E-state index in [1.54, 1.807) is 0 Å². The maximum atomic E-state index is 5.80. The SMILES string of the molecule is CCOc1cc(-c2n[nH]c3c2CC(C)(CC)C3)cc2[nH]ncc12. The van der Waals surface area contributed by atoms with Gasteiger partial charge < -0.3 is 4.74 Å². The summed E-state index contributed by atoms with van der Waals surface area (Å²) < 4.78 is 5.80. The Morgan fingerprint density at radius 2 is 2.09 bits per heavy atom. The fraction of sp³-hybridized carbons (Fsp3) is 0.444. The van der Waals surface area contributed by atoms with Crippen LogP contribution in [0.5, 0.6) is 5.75 Å². The van der Waals surface area contributed by atoms with E-state index >= 15 is 0 Å². The predicted octanol–water partition coefficient (Wildman–Crippen LogP) is 3.87. The molecule has 1 aromatic carbocycles. The highest BCUT2D eigenvalue weighted by molar-refractivity contribution is 5.89. The average Bonchev–Trinajstić information content (AvgIpc) is 3.21. The summed E-state index contributed by atoms with van der Waals surface area (Å²) in [6, 6.07) is 4.20. The summed E-state index contributed by atoms with van der Waals surface area (Å²) in [5, 5.41) is 16.0. The standard InChI is InChI=1S/C18H22N4O/c1-4-18(3)8-12-15(9-18)21-22-17(12)11-6-14-13(10-19-20-14)16(7-11)23-5-2/h6-7,10H,4-5,8-9H2,1-3H3,(H,19,20)(H,21,22). The fourth-order valence-electron chi connectivity index (χ4n) is 3.57. The summed E-state index contributed by atoms with van der Waals surface area (Å²) in [6.45, 7) is 7.25. The van der Waals surface area contributed by atoms with Crippen LogP contribution in [0, 0.1) is 5.41 Å². The summed E-state index contributed by atoms with van der Waals surface area (Å²) in [5.74, 6) is 0.863. The van der Waals surface area contributed by atoms with Crippen molar-refractivity contribution in [3.05, 3.63) is 29.6 Å². The summed E-state index contributed by atoms with van der Waals surface area (Å²) in [5.41, 5.74) is 6.11. The van der Waals surface area contributed by atoms with E-state index < -0.39 is 0 Å². The number of H-pyrrole nitrogens is 2. The third-order valence-electron chi connectivity index (χ3n) is 5.11. The van der Waals surface area contributed by atoms with Crippen LogP contribution in [-0.2, 0) is 12.8 Å². The monoisotopic (exact) mass is 310 g/mol. The average molecular weight is 310 g/mol. The van der Waals surface area contributed by atoms with Crippen molar-refractivity contribution in [2.45, 2.75) is 40.0 Å². The molecule has 0 radical (unpaired) electrons. The van der Waals surface area contributed by atoms with Gasteiger partial charge in [0.25, 0.3) is 0 Å². The molecule has 0 saturated carbocycles. The minimum Gasteiger partial charge on any atom is -0.493 e. The van der Waals surface area contributed by atoms with Crippen molar-refractivity contribution in [2.24, 2.45) is 5.41 Å². The molecule has 0 bridgehead atoms. The smallest absolute Gasteiger partial charge is 0.130 e. The molecule has 0 saturated heterocycles. The molecule has 1 unspecified atom stereocenters. The van der Waals surface area contributed by atoms with Crippen LogP contribution in [0.15, 0.2) is 18.3 Å². The molecule has 0 aliphatic heterocycles. The molecular formula is C18H22N4O. The molecule has 1 atom stereocenters. The first-order valence-corrected chi connectivity index (χ1v) is 8.30. The lowest BCUT2D eigenvalue weighted by Crippen LogP contribution is -2.15. The van der Waals surface area contributed by atoms with Gasteiger partial charge in [0, 0.05) is 16.8 Å². The van der Waals surface area contributed by atoms with Crippen molar-refractivity contribution < 1.29 is 4.74 Å². The van der Waals surface area contributed by atoms with E-state index in [9.17, 15) is 0 Å². The van der Waals surface area contributed by atoms with Crippen molar-refractivity contribution in [1.29, 1.82) is 0 Å². The number of aromatic nitrogens is 4. The van der Waals surface area contributed by atoms with Gasteiger partial charge >= 0.3 is 0 Å². The lowest BCUT2D eigenvalue weighted by Gasteiger charge is -2.20. The van der Waals surface area contributed by atoms with Crippen molar-refractivity contribution in [3.63, 3.8) is 0 Å². The highest BCUT2D eigenvalue weighted by atomic mass is 16.5. The van der Waals surface area contributed by atoms with Crippen LogP contribution in [0.2, 0.25) is 0 Å². The van der Waals surface area contributed by atoms with Crippen LogP contribution in [0.1, 0.15) is 38.4 Å². The van der Waals surface area contributed by atoms with Crippen LogP contribution < -0.4 is 4.74 Å². The Labute approximate surface area is 135 Å². The van der Waals surface area contributed by atoms with Crippen molar-refractivity contribution >= 4 is 10.9 Å². The maximum absolute atomic E-state index is 5.80. The van der Waals surface area contributed by atoms with E-state index in [0.717, 1.165) is 40.8 Å². The summed E-state index contributed by atoms with van der Waals surface area (Å²) in [4.78, 5) is 0. The quantitative estimate of drug-likeness (QED) is 0.769. The van der Waals surface area contributed by atoms with E-state index in [-0.39, 0.29) is 0 Å². The van der Waals surface area contributed by atoms with Crippen molar-refractivity contribution in [3.8, 4) is 17.0 Å². The topological polar surface area (TPSA) is 66.6 Å². The molecule has 5 heteroatoms. The van der Waals surface area contributed by atoms with Gasteiger partial charge in [-0.05, 0) is 37.3 Å². The number of hydrogen-bond donors (Lipinski definition) is 2. The molecule has 5 nitrogen and oxygen atoms in total. The number of ether oxygens (including phenoxy) is 1. The van der Waals surface area contributed by atoms with Crippen molar-refractivity contribution in [2.75, 3.05) is 6.61 Å². The molecule has 1 aliphatic carbocycles. The summed E-state index contributed by atoms with van der Waals surface area (Å²) >= 11 is 0. The van der Waals surface area contributed by atoms with E-state index in [2.05, 4.69) is 46.4 Å². The largest absolute Gasteiger partial charge is 0.493 e. The lowest BCUT2D eigenvalue weighted by molar-refractivity contribution is 0.329. The number of benzene rings is 1. The fourth-order valence-corrected chi connectivity index (χ4v) is 3.57. The van der Waals surface area contributed by atoms with Crippen LogP contribution in [-0.4, -0.2) is 27.0 Å². The van der Waals surface area contributed by atoms with Crippen LogP contribution in [0.3, 0.4) is 0 Å². The molecule has 0 fully saturated rings. The van der Waals surface area contributed by atoms with Gasteiger partial charge in [-0.3, -0.25) is 10.2 Å². The van der Waals surface area contributed by atoms with Gasteiger partial charge in [0.1, 0.15) is 5.75 Å². The highest BCUT2D eigenvalue weighted by Gasteiger charge is 2.35. The highest BCUT2D eigenvalue weighted by Crippen LogP contribution is 2.43. The Morgan fingerprint density at radius 1 is 1.22 bits per heavy atom. The molecule has 23 heavy (non-hydrogen) atoms. The Balaban J connectivity index is 1.82. The zero-order valence-electron chi connectivity index (χ0n) is 13.9. The van der Waals surface area contributed by atoms with Gasteiger partial charge in [-0.25, -0.2) is 0 Å². The molecule has 4 rings (SSSR count). The van der Waals surface area contributed by atoms with Gasteiger partial charge in [0.15, 0.2) is 0 Å². The molecular weight excluding hydrogens is 288 g/mol. The van der Waals surface area contributed by atoms with Crippen molar-refractivity contribution in [1.82, 2.24) is 20.4 Å². The van der Waals surface area contributed by atoms with Crippen LogP contribution >= 0.6 is 0 Å². The summed E-state index contributed by atoms with van der Waals surface area (Å²) in [6.07, 6.45) is 5.15. The molecule has 1 aliphatic rings. The molecule has 120 valence electrons. The Kier molecular flexibility index (Phi) is 3.18. The minimum atomic E-state index is 0.347. The van der Waals surface area contributed by atoms with E-state index in [0.29, 0.717) is 12.0 Å². The first-order chi connectivity index (χ1) is 11.1. The minimum absolute atomic E-state index is 0.347. The number of hydrogen-bond acceptors (Lipinski definition) is 3. The van der Waals surface area contributed by atoms with Gasteiger partial charge in [0.2, 0.25) is 0 Å². The van der Waals surface area contributed by atoms with E-state index in [1.165, 1.54) is 17.7 Å². The third-order valence-corrected chi connectivity index (χ3v) is 5.11. The lowest BCUT2D eigenvalue weighted by atomic mass is 9.84. The molecule has 3 aromatic rings. The second kappa shape index (κ2) is 5.11. The molecule has 2 aromatic heterocycles. The normalized spacial score (nSPS) is 20.1. The first kappa shape index (κ1) is 14.3. The molecule has 0 amide bonds. The summed E-state index contributed by atoms with van der Waals surface area (Å²) in [7, 11) is 0. The maximum Gasteiger partial charge on any atom is 0.130 e. The second-order valence-corrected chi connectivity index (χ2v) is 6.79. The van der Waals surface area contributed by atoms with E-state index in [1.807, 2.05) is 13.1 Å². The zero-order chi connectivity index (χ0) is 16.0. The Bertz CT molecular complexity index is 863. The Hall–Kier alpha value is -2.30. The number of fused-ring (bicyclic) bond motifs is 2. The number of aromatic amines is 2. The number of nitrogens with one attached hydrogen (secondary N) is 2. The number of nitrogens with zero attached hydrogens (tertiary/aromatic N) is 2. The molecule has 2 heterocycles. The molecule has 2 N–H and O–H groups in total. The van der Waals surface area contributed by atoms with Gasteiger partial charge in [-0.15, -0.1) is 0 Å². The third kappa shape index (κ3) is 2.22. The Morgan fingerprint density at radius 3 is 2.87 bits per heavy atom. The van der Waals surface area contributed by atoms with Gasteiger partial charge in [0.05, 0.1) is 29.4 Å². The molecule has 0 spiro atoms. The predicted molar refractivity (Wildman–Crippen MR) is 90.7 cm³/mol. The van der Waals surface area contributed by atoms with Gasteiger partial charge in [-0.1, -0.05) is 20.3 Å².